The fourth-order valence-corrected chi connectivity index (χ4v) is 2.65. The third kappa shape index (κ3) is 3.43. The van der Waals surface area contributed by atoms with E-state index in [4.69, 9.17) is 4.74 Å². The lowest BCUT2D eigenvalue weighted by atomic mass is 9.99. The normalized spacial score (nSPS) is 15.0. The van der Waals surface area contributed by atoms with Gasteiger partial charge < -0.3 is 15.0 Å². The molecule has 24 heavy (non-hydrogen) atoms. The Morgan fingerprint density at radius 3 is 2.50 bits per heavy atom. The first kappa shape index (κ1) is 16.5. The maximum Gasteiger partial charge on any atom is 0.419 e. The molecule has 0 spiro atoms. The third-order valence-corrected chi connectivity index (χ3v) is 3.95. The number of ether oxygens (including phenoxy) is 1. The van der Waals surface area contributed by atoms with Crippen LogP contribution in [0.4, 0.5) is 24.8 Å². The Balaban J connectivity index is 1.88. The van der Waals surface area contributed by atoms with Crippen LogP contribution in [0.1, 0.15) is 16.7 Å². The van der Waals surface area contributed by atoms with E-state index in [1.807, 2.05) is 19.2 Å². The van der Waals surface area contributed by atoms with Crippen molar-refractivity contribution in [1.29, 1.82) is 0 Å². The minimum Gasteiger partial charge on any atom is -0.495 e. The fraction of sp³-hybridized carbons (Fsp3) is 0.375. The van der Waals surface area contributed by atoms with Gasteiger partial charge in [0.05, 0.1) is 18.4 Å². The Morgan fingerprint density at radius 2 is 1.88 bits per heavy atom. The molecule has 0 unspecified atom stereocenters. The number of hydrogen-bond acceptors (Lipinski definition) is 5. The first-order valence-corrected chi connectivity index (χ1v) is 7.41. The second-order valence-corrected chi connectivity index (χ2v) is 5.73. The lowest BCUT2D eigenvalue weighted by Crippen LogP contribution is -2.26. The summed E-state index contributed by atoms with van der Waals surface area (Å²) in [5.41, 5.74) is 2.11. The van der Waals surface area contributed by atoms with Gasteiger partial charge in [-0.15, -0.1) is 0 Å². The highest BCUT2D eigenvalue weighted by Gasteiger charge is 2.31. The highest BCUT2D eigenvalue weighted by Crippen LogP contribution is 2.33. The van der Waals surface area contributed by atoms with E-state index in [1.54, 1.807) is 7.11 Å². The van der Waals surface area contributed by atoms with Crippen molar-refractivity contribution < 1.29 is 17.9 Å². The fourth-order valence-electron chi connectivity index (χ4n) is 2.65. The summed E-state index contributed by atoms with van der Waals surface area (Å²) in [6, 6.07) is 3.89. The van der Waals surface area contributed by atoms with E-state index in [0.717, 1.165) is 37.5 Å². The van der Waals surface area contributed by atoms with E-state index in [-0.39, 0.29) is 5.95 Å². The summed E-state index contributed by atoms with van der Waals surface area (Å²) in [7, 11) is 3.59. The monoisotopic (exact) mass is 338 g/mol. The van der Waals surface area contributed by atoms with E-state index < -0.39 is 11.7 Å². The molecule has 128 valence electrons. The van der Waals surface area contributed by atoms with Gasteiger partial charge in [-0.3, -0.25) is 0 Å². The molecule has 1 aliphatic rings. The minimum atomic E-state index is -4.45. The van der Waals surface area contributed by atoms with Crippen LogP contribution in [0.15, 0.2) is 24.5 Å². The van der Waals surface area contributed by atoms with Crippen molar-refractivity contribution in [1.82, 2.24) is 14.9 Å². The second kappa shape index (κ2) is 6.27. The zero-order chi connectivity index (χ0) is 17.3. The average Bonchev–Trinajstić information content (AvgIpc) is 2.54. The SMILES string of the molecule is COc1cc2c(cc1Nc1ncc(C(F)(F)F)cn1)CN(C)CC2. The van der Waals surface area contributed by atoms with E-state index >= 15 is 0 Å². The van der Waals surface area contributed by atoms with Crippen molar-refractivity contribution >= 4 is 11.6 Å². The maximum absolute atomic E-state index is 12.6. The molecule has 1 aliphatic heterocycles. The summed E-state index contributed by atoms with van der Waals surface area (Å²) < 4.78 is 43.1. The summed E-state index contributed by atoms with van der Waals surface area (Å²) in [6.45, 7) is 1.78. The second-order valence-electron chi connectivity index (χ2n) is 5.73. The lowest BCUT2D eigenvalue weighted by molar-refractivity contribution is -0.138. The zero-order valence-electron chi connectivity index (χ0n) is 13.3. The molecule has 0 atom stereocenters. The quantitative estimate of drug-likeness (QED) is 0.931. The summed E-state index contributed by atoms with van der Waals surface area (Å²) in [5.74, 6) is 0.701. The molecule has 1 aromatic carbocycles. The molecule has 0 bridgehead atoms. The van der Waals surface area contributed by atoms with Crippen molar-refractivity contribution in [2.24, 2.45) is 0 Å². The molecule has 0 saturated heterocycles. The number of aromatic nitrogens is 2. The van der Waals surface area contributed by atoms with E-state index in [2.05, 4.69) is 20.2 Å². The summed E-state index contributed by atoms with van der Waals surface area (Å²) in [5, 5.41) is 2.93. The molecule has 1 N–H and O–H groups in total. The third-order valence-electron chi connectivity index (χ3n) is 3.95. The number of fused-ring (bicyclic) bond motifs is 1. The lowest BCUT2D eigenvalue weighted by Gasteiger charge is -2.26. The first-order valence-electron chi connectivity index (χ1n) is 7.41. The van der Waals surface area contributed by atoms with Gasteiger partial charge in [0.15, 0.2) is 0 Å². The largest absolute Gasteiger partial charge is 0.495 e. The van der Waals surface area contributed by atoms with Gasteiger partial charge in [0.2, 0.25) is 5.95 Å². The van der Waals surface area contributed by atoms with Crippen molar-refractivity contribution in [3.8, 4) is 5.75 Å². The number of nitrogens with one attached hydrogen (secondary N) is 1. The number of hydrogen-bond donors (Lipinski definition) is 1. The van der Waals surface area contributed by atoms with Gasteiger partial charge in [0, 0.05) is 25.5 Å². The number of methoxy groups -OCH3 is 1. The van der Waals surface area contributed by atoms with Crippen molar-refractivity contribution in [3.05, 3.63) is 41.2 Å². The molecule has 0 radical (unpaired) electrons. The zero-order valence-corrected chi connectivity index (χ0v) is 13.3. The van der Waals surface area contributed by atoms with E-state index in [9.17, 15) is 13.2 Å². The topological polar surface area (TPSA) is 50.3 Å². The number of nitrogens with zero attached hydrogens (tertiary/aromatic N) is 3. The van der Waals surface area contributed by atoms with Gasteiger partial charge in [-0.2, -0.15) is 13.2 Å². The highest BCUT2D eigenvalue weighted by molar-refractivity contribution is 5.65. The highest BCUT2D eigenvalue weighted by atomic mass is 19.4. The van der Waals surface area contributed by atoms with Crippen LogP contribution in [-0.4, -0.2) is 35.6 Å². The molecule has 0 saturated carbocycles. The smallest absolute Gasteiger partial charge is 0.419 e. The maximum atomic E-state index is 12.6. The summed E-state index contributed by atoms with van der Waals surface area (Å²) in [4.78, 5) is 9.67. The van der Waals surface area contributed by atoms with Gasteiger partial charge in [-0.05, 0) is 36.7 Å². The van der Waals surface area contributed by atoms with Crippen LogP contribution in [-0.2, 0) is 19.1 Å². The Labute approximate surface area is 137 Å². The number of alkyl halides is 3. The molecule has 0 fully saturated rings. The predicted molar refractivity (Wildman–Crippen MR) is 83.3 cm³/mol. The molecule has 5 nitrogen and oxygen atoms in total. The Kier molecular flexibility index (Phi) is 4.31. The van der Waals surface area contributed by atoms with Crippen LogP contribution >= 0.6 is 0 Å². The van der Waals surface area contributed by atoms with Crippen LogP contribution in [0.25, 0.3) is 0 Å². The van der Waals surface area contributed by atoms with Gasteiger partial charge in [0.25, 0.3) is 0 Å². The Bertz CT molecular complexity index is 731. The molecular formula is C16H17F3N4O. The standard InChI is InChI=1S/C16H17F3N4O/c1-23-4-3-10-6-14(24-2)13(5-11(10)9-23)22-15-20-7-12(8-21-15)16(17,18)19/h5-8H,3-4,9H2,1-2H3,(H,20,21,22). The van der Waals surface area contributed by atoms with E-state index in [1.165, 1.54) is 5.56 Å². The average molecular weight is 338 g/mol. The van der Waals surface area contributed by atoms with Crippen molar-refractivity contribution in [2.45, 2.75) is 19.1 Å². The molecule has 1 aromatic heterocycles. The Morgan fingerprint density at radius 1 is 1.17 bits per heavy atom. The van der Waals surface area contributed by atoms with Gasteiger partial charge in [-0.25, -0.2) is 9.97 Å². The minimum absolute atomic E-state index is 0.0883. The van der Waals surface area contributed by atoms with E-state index in [0.29, 0.717) is 11.4 Å². The summed E-state index contributed by atoms with van der Waals surface area (Å²) in [6.07, 6.45) is -2.01. The molecule has 0 aliphatic carbocycles. The van der Waals surface area contributed by atoms with Gasteiger partial charge in [-0.1, -0.05) is 0 Å². The predicted octanol–water partition coefficient (Wildman–Crippen LogP) is 3.24. The van der Waals surface area contributed by atoms with Crippen LogP contribution in [0.3, 0.4) is 0 Å². The first-order chi connectivity index (χ1) is 11.4. The van der Waals surface area contributed by atoms with Crippen LogP contribution in [0, 0.1) is 0 Å². The number of benzene rings is 1. The molecule has 3 rings (SSSR count). The Hall–Kier alpha value is -2.35. The molecule has 0 amide bonds. The van der Waals surface area contributed by atoms with Crippen LogP contribution < -0.4 is 10.1 Å². The molecule has 2 heterocycles. The number of halogens is 3. The van der Waals surface area contributed by atoms with Gasteiger partial charge >= 0.3 is 6.18 Å². The van der Waals surface area contributed by atoms with Gasteiger partial charge in [0.1, 0.15) is 5.75 Å². The van der Waals surface area contributed by atoms with Crippen LogP contribution in [0.2, 0.25) is 0 Å². The van der Waals surface area contributed by atoms with Crippen molar-refractivity contribution in [3.63, 3.8) is 0 Å². The molecule has 8 heteroatoms. The molecule has 2 aromatic rings. The number of rotatable bonds is 3. The van der Waals surface area contributed by atoms with Crippen molar-refractivity contribution in [2.75, 3.05) is 26.0 Å². The molecular weight excluding hydrogens is 321 g/mol. The number of likely N-dealkylation sites (N-methyl/N-ethyl adjacent to an activating group) is 1. The van der Waals surface area contributed by atoms with Crippen LogP contribution in [0.5, 0.6) is 5.75 Å². The summed E-state index contributed by atoms with van der Waals surface area (Å²) >= 11 is 0. The number of anilines is 2.